The Labute approximate surface area is 133 Å². The van der Waals surface area contributed by atoms with Crippen LogP contribution in [0.4, 0.5) is 0 Å². The highest BCUT2D eigenvalue weighted by molar-refractivity contribution is 5.85. The summed E-state index contributed by atoms with van der Waals surface area (Å²) in [6, 6.07) is 0. The molecule has 0 spiro atoms. The summed E-state index contributed by atoms with van der Waals surface area (Å²) in [5.74, 6) is -0.660. The first kappa shape index (κ1) is 19.1. The van der Waals surface area contributed by atoms with Crippen molar-refractivity contribution in [3.63, 3.8) is 0 Å². The number of aliphatic carboxylic acids is 1. The summed E-state index contributed by atoms with van der Waals surface area (Å²) >= 11 is 0. The molecule has 1 rings (SSSR count). The Morgan fingerprint density at radius 3 is 2.09 bits per heavy atom. The smallest absolute Gasteiger partial charge is 0.330 e. The standard InChI is InChI=1S/C17H31NO4/c1-12(14(19)20)8-13-9-15(2,3)18(16(4,5)10-13)22-11-17(6,7)21/h13,21H,1,8-11H2,2-7H3,(H,19,20). The Morgan fingerprint density at radius 1 is 1.27 bits per heavy atom. The molecule has 1 fully saturated rings. The number of hydroxylamine groups is 2. The number of hydrogen-bond donors (Lipinski definition) is 2. The van der Waals surface area contributed by atoms with Crippen molar-refractivity contribution in [3.05, 3.63) is 12.2 Å². The first-order chi connectivity index (χ1) is 9.74. The zero-order valence-corrected chi connectivity index (χ0v) is 14.8. The van der Waals surface area contributed by atoms with Crippen molar-refractivity contribution in [3.8, 4) is 0 Å². The topological polar surface area (TPSA) is 70.0 Å². The fourth-order valence-electron chi connectivity index (χ4n) is 3.62. The molecule has 1 saturated heterocycles. The predicted molar refractivity (Wildman–Crippen MR) is 86.4 cm³/mol. The van der Waals surface area contributed by atoms with Crippen LogP contribution in [-0.4, -0.2) is 44.5 Å². The monoisotopic (exact) mass is 313 g/mol. The van der Waals surface area contributed by atoms with E-state index in [0.717, 1.165) is 12.8 Å². The van der Waals surface area contributed by atoms with Crippen LogP contribution in [0.2, 0.25) is 0 Å². The zero-order valence-electron chi connectivity index (χ0n) is 14.8. The van der Waals surface area contributed by atoms with Gasteiger partial charge in [-0.15, -0.1) is 0 Å². The highest BCUT2D eigenvalue weighted by atomic mass is 16.7. The maximum Gasteiger partial charge on any atom is 0.330 e. The lowest BCUT2D eigenvalue weighted by atomic mass is 9.73. The molecule has 1 heterocycles. The van der Waals surface area contributed by atoms with Crippen LogP contribution in [0.15, 0.2) is 12.2 Å². The Kier molecular flexibility index (Phi) is 5.48. The fraction of sp³-hybridized carbons (Fsp3) is 0.824. The molecule has 0 aromatic heterocycles. The molecule has 1 aliphatic rings. The van der Waals surface area contributed by atoms with Gasteiger partial charge in [0, 0.05) is 16.7 Å². The van der Waals surface area contributed by atoms with Crippen molar-refractivity contribution in [1.82, 2.24) is 5.06 Å². The van der Waals surface area contributed by atoms with Gasteiger partial charge < -0.3 is 10.2 Å². The average Bonchev–Trinajstić information content (AvgIpc) is 2.23. The second kappa shape index (κ2) is 6.30. The largest absolute Gasteiger partial charge is 0.478 e. The molecule has 128 valence electrons. The van der Waals surface area contributed by atoms with Crippen LogP contribution < -0.4 is 0 Å². The molecular weight excluding hydrogens is 282 g/mol. The van der Waals surface area contributed by atoms with Crippen LogP contribution >= 0.6 is 0 Å². The van der Waals surface area contributed by atoms with E-state index in [2.05, 4.69) is 34.3 Å². The van der Waals surface area contributed by atoms with Gasteiger partial charge in [0.25, 0.3) is 0 Å². The molecule has 0 amide bonds. The van der Waals surface area contributed by atoms with Gasteiger partial charge in [-0.25, -0.2) is 4.79 Å². The maximum absolute atomic E-state index is 11.0. The first-order valence-electron chi connectivity index (χ1n) is 7.81. The van der Waals surface area contributed by atoms with Crippen LogP contribution in [0, 0.1) is 5.92 Å². The van der Waals surface area contributed by atoms with E-state index in [-0.39, 0.29) is 29.2 Å². The van der Waals surface area contributed by atoms with Crippen LogP contribution in [-0.2, 0) is 9.63 Å². The maximum atomic E-state index is 11.0. The van der Waals surface area contributed by atoms with Gasteiger partial charge in [-0.05, 0) is 66.7 Å². The van der Waals surface area contributed by atoms with E-state index in [0.29, 0.717) is 6.42 Å². The van der Waals surface area contributed by atoms with Crippen LogP contribution in [0.1, 0.15) is 60.8 Å². The number of carboxylic acid groups (broad SMARTS) is 1. The van der Waals surface area contributed by atoms with E-state index in [1.807, 2.05) is 5.06 Å². The number of aliphatic hydroxyl groups is 1. The number of hydrogen-bond acceptors (Lipinski definition) is 4. The molecule has 1 aliphatic heterocycles. The summed E-state index contributed by atoms with van der Waals surface area (Å²) < 4.78 is 0. The van der Waals surface area contributed by atoms with Crippen molar-refractivity contribution in [1.29, 1.82) is 0 Å². The molecule has 0 bridgehead atoms. The summed E-state index contributed by atoms with van der Waals surface area (Å²) in [6.07, 6.45) is 2.16. The minimum atomic E-state index is -0.920. The second-order valence-electron chi connectivity index (χ2n) is 8.39. The molecule has 0 aromatic carbocycles. The molecule has 0 aliphatic carbocycles. The summed E-state index contributed by atoms with van der Waals surface area (Å²) in [4.78, 5) is 16.9. The average molecular weight is 313 g/mol. The summed E-state index contributed by atoms with van der Waals surface area (Å²) in [7, 11) is 0. The van der Waals surface area contributed by atoms with E-state index in [4.69, 9.17) is 9.94 Å². The Morgan fingerprint density at radius 2 is 1.73 bits per heavy atom. The normalized spacial score (nSPS) is 22.5. The highest BCUT2D eigenvalue weighted by Crippen LogP contribution is 2.43. The Balaban J connectivity index is 2.84. The quantitative estimate of drug-likeness (QED) is 0.738. The minimum Gasteiger partial charge on any atom is -0.478 e. The highest BCUT2D eigenvalue weighted by Gasteiger charge is 2.47. The minimum absolute atomic E-state index is 0.229. The molecule has 0 aromatic rings. The molecule has 0 saturated carbocycles. The van der Waals surface area contributed by atoms with Gasteiger partial charge in [0.05, 0.1) is 12.2 Å². The molecule has 0 atom stereocenters. The van der Waals surface area contributed by atoms with E-state index >= 15 is 0 Å². The zero-order chi connectivity index (χ0) is 17.3. The third kappa shape index (κ3) is 5.07. The van der Waals surface area contributed by atoms with Crippen LogP contribution in [0.5, 0.6) is 0 Å². The lowest BCUT2D eigenvalue weighted by Crippen LogP contribution is -2.61. The summed E-state index contributed by atoms with van der Waals surface area (Å²) in [5, 5.41) is 20.9. The lowest BCUT2D eigenvalue weighted by Gasteiger charge is -2.54. The van der Waals surface area contributed by atoms with Gasteiger partial charge in [-0.3, -0.25) is 4.84 Å². The summed E-state index contributed by atoms with van der Waals surface area (Å²) in [6.45, 7) is 15.7. The molecule has 5 nitrogen and oxygen atoms in total. The van der Waals surface area contributed by atoms with Gasteiger partial charge >= 0.3 is 5.97 Å². The molecule has 0 unspecified atom stereocenters. The third-order valence-corrected chi connectivity index (χ3v) is 4.06. The van der Waals surface area contributed by atoms with Gasteiger partial charge in [0.1, 0.15) is 0 Å². The molecule has 2 N–H and O–H groups in total. The fourth-order valence-corrected chi connectivity index (χ4v) is 3.62. The van der Waals surface area contributed by atoms with E-state index in [1.54, 1.807) is 13.8 Å². The van der Waals surface area contributed by atoms with Gasteiger partial charge in [0.2, 0.25) is 0 Å². The molecular formula is C17H31NO4. The van der Waals surface area contributed by atoms with Crippen molar-refractivity contribution >= 4 is 5.97 Å². The first-order valence-corrected chi connectivity index (χ1v) is 7.81. The van der Waals surface area contributed by atoms with E-state index in [9.17, 15) is 9.90 Å². The van der Waals surface area contributed by atoms with Crippen LogP contribution in [0.25, 0.3) is 0 Å². The number of rotatable bonds is 6. The molecule has 0 radical (unpaired) electrons. The number of piperidine rings is 1. The van der Waals surface area contributed by atoms with Gasteiger partial charge in [-0.2, -0.15) is 5.06 Å². The Hall–Kier alpha value is -0.910. The molecule has 5 heteroatoms. The number of carboxylic acids is 1. The third-order valence-electron chi connectivity index (χ3n) is 4.06. The van der Waals surface area contributed by atoms with Crippen molar-refractivity contribution in [2.75, 3.05) is 6.61 Å². The summed E-state index contributed by atoms with van der Waals surface area (Å²) in [5.41, 5.74) is -1.10. The number of nitrogens with zero attached hydrogens (tertiary/aromatic N) is 1. The second-order valence-corrected chi connectivity index (χ2v) is 8.39. The molecule has 22 heavy (non-hydrogen) atoms. The van der Waals surface area contributed by atoms with Gasteiger partial charge in [-0.1, -0.05) is 6.58 Å². The SMILES string of the molecule is C=C(CC1CC(C)(C)N(OCC(C)(C)O)C(C)(C)C1)C(=O)O. The predicted octanol–water partition coefficient (Wildman–Crippen LogP) is 2.99. The van der Waals surface area contributed by atoms with E-state index in [1.165, 1.54) is 0 Å². The lowest BCUT2D eigenvalue weighted by molar-refractivity contribution is -0.302. The van der Waals surface area contributed by atoms with E-state index < -0.39 is 11.6 Å². The number of carbonyl (C=O) groups is 1. The van der Waals surface area contributed by atoms with Crippen LogP contribution in [0.3, 0.4) is 0 Å². The van der Waals surface area contributed by atoms with Crippen molar-refractivity contribution in [2.45, 2.75) is 77.5 Å². The Bertz CT molecular complexity index is 416. The van der Waals surface area contributed by atoms with Crippen molar-refractivity contribution < 1.29 is 19.8 Å². The van der Waals surface area contributed by atoms with Gasteiger partial charge in [0.15, 0.2) is 0 Å². The van der Waals surface area contributed by atoms with Crippen molar-refractivity contribution in [2.24, 2.45) is 5.92 Å².